The normalized spacial score (nSPS) is 15.8. The molecule has 0 aromatic heterocycles. The number of rotatable bonds is 1. The lowest BCUT2D eigenvalue weighted by Crippen LogP contribution is -1.88. The van der Waals surface area contributed by atoms with Gasteiger partial charge < -0.3 is 0 Å². The lowest BCUT2D eigenvalue weighted by atomic mass is 10.0. The quantitative estimate of drug-likeness (QED) is 0.614. The van der Waals surface area contributed by atoms with E-state index in [0.717, 1.165) is 5.02 Å². The number of hydrogen-bond donors (Lipinski definition) is 0. The van der Waals surface area contributed by atoms with Crippen LogP contribution in [0.1, 0.15) is 11.5 Å². The summed E-state index contributed by atoms with van der Waals surface area (Å²) in [5.41, 5.74) is 1.18. The molecule has 12 heavy (non-hydrogen) atoms. The second-order valence-corrected chi connectivity index (χ2v) is 3.22. The van der Waals surface area contributed by atoms with Crippen LogP contribution in [0.2, 0.25) is 5.02 Å². The molecule has 0 fully saturated rings. The Hall–Kier alpha value is -1.01. The van der Waals surface area contributed by atoms with Crippen molar-refractivity contribution in [3.8, 4) is 0 Å². The van der Waals surface area contributed by atoms with E-state index in [4.69, 9.17) is 11.6 Å². The Balaban J connectivity index is 2.39. The van der Waals surface area contributed by atoms with Crippen molar-refractivity contribution < 1.29 is 0 Å². The molecule has 0 atom stereocenters. The van der Waals surface area contributed by atoms with E-state index >= 15 is 0 Å². The van der Waals surface area contributed by atoms with Crippen LogP contribution in [0.25, 0.3) is 0 Å². The maximum atomic E-state index is 6.04. The summed E-state index contributed by atoms with van der Waals surface area (Å²) in [5, 5.41) is 0.846. The van der Waals surface area contributed by atoms with Gasteiger partial charge >= 0.3 is 0 Å². The molecule has 0 heterocycles. The molecule has 0 spiro atoms. The van der Waals surface area contributed by atoms with Crippen LogP contribution in [-0.2, 0) is 0 Å². The summed E-state index contributed by atoms with van der Waals surface area (Å²) in [6.07, 6.45) is 8.38. The summed E-state index contributed by atoms with van der Waals surface area (Å²) in [6.45, 7) is 0. The monoisotopic (exact) mass is 176 g/mol. The molecular weight excluding hydrogens is 168 g/mol. The molecule has 0 radical (unpaired) electrons. The standard InChI is InChI=1S/C11H9Cl/c12-11-8-4-3-7-10(11)9-5-1-2-6-9/h1-9H. The molecule has 0 nitrogen and oxygen atoms in total. The zero-order valence-electron chi connectivity index (χ0n) is 6.57. The predicted octanol–water partition coefficient (Wildman–Crippen LogP) is 3.55. The number of halogens is 1. The van der Waals surface area contributed by atoms with Crippen LogP contribution in [0.4, 0.5) is 0 Å². The summed E-state index contributed by atoms with van der Waals surface area (Å²) in [6, 6.07) is 7.96. The van der Waals surface area contributed by atoms with E-state index in [1.165, 1.54) is 5.56 Å². The van der Waals surface area contributed by atoms with E-state index in [-0.39, 0.29) is 0 Å². The van der Waals surface area contributed by atoms with E-state index in [9.17, 15) is 0 Å². The third kappa shape index (κ3) is 1.30. The number of hydrogen-bond acceptors (Lipinski definition) is 0. The fourth-order valence-corrected chi connectivity index (χ4v) is 1.65. The SMILES string of the molecule is Clc1ccccc1C1C=CC=C1. The summed E-state index contributed by atoms with van der Waals surface area (Å²) in [5.74, 6) is 0.374. The van der Waals surface area contributed by atoms with Gasteiger partial charge in [-0.25, -0.2) is 0 Å². The van der Waals surface area contributed by atoms with Crippen molar-refractivity contribution in [2.24, 2.45) is 0 Å². The lowest BCUT2D eigenvalue weighted by Gasteiger charge is -2.06. The molecule has 1 heteroatoms. The molecular formula is C11H9Cl. The Morgan fingerprint density at radius 1 is 1.00 bits per heavy atom. The molecule has 1 aromatic carbocycles. The molecule has 0 bridgehead atoms. The highest BCUT2D eigenvalue weighted by Crippen LogP contribution is 2.28. The highest BCUT2D eigenvalue weighted by molar-refractivity contribution is 6.31. The van der Waals surface area contributed by atoms with Crippen LogP contribution >= 0.6 is 11.6 Å². The zero-order valence-corrected chi connectivity index (χ0v) is 7.33. The van der Waals surface area contributed by atoms with Gasteiger partial charge in [-0.2, -0.15) is 0 Å². The topological polar surface area (TPSA) is 0 Å². The van der Waals surface area contributed by atoms with Crippen molar-refractivity contribution in [3.63, 3.8) is 0 Å². The van der Waals surface area contributed by atoms with Crippen molar-refractivity contribution in [2.75, 3.05) is 0 Å². The Morgan fingerprint density at radius 3 is 2.33 bits per heavy atom. The highest BCUT2D eigenvalue weighted by Gasteiger charge is 2.09. The van der Waals surface area contributed by atoms with Gasteiger partial charge in [0.25, 0.3) is 0 Å². The Morgan fingerprint density at radius 2 is 1.67 bits per heavy atom. The van der Waals surface area contributed by atoms with E-state index in [2.05, 4.69) is 18.2 Å². The number of allylic oxidation sites excluding steroid dienone is 4. The highest BCUT2D eigenvalue weighted by atomic mass is 35.5. The maximum absolute atomic E-state index is 6.04. The van der Waals surface area contributed by atoms with Crippen LogP contribution in [0.3, 0.4) is 0 Å². The fourth-order valence-electron chi connectivity index (χ4n) is 1.38. The van der Waals surface area contributed by atoms with Crippen LogP contribution in [0, 0.1) is 0 Å². The third-order valence-electron chi connectivity index (χ3n) is 2.01. The molecule has 1 aliphatic rings. The van der Waals surface area contributed by atoms with E-state index < -0.39 is 0 Å². The van der Waals surface area contributed by atoms with Gasteiger partial charge in [0.15, 0.2) is 0 Å². The summed E-state index contributed by atoms with van der Waals surface area (Å²) in [7, 11) is 0. The van der Waals surface area contributed by atoms with Crippen LogP contribution < -0.4 is 0 Å². The Kier molecular flexibility index (Phi) is 2.01. The van der Waals surface area contributed by atoms with Crippen molar-refractivity contribution in [2.45, 2.75) is 5.92 Å². The smallest absolute Gasteiger partial charge is 0.0447 e. The van der Waals surface area contributed by atoms with Crippen molar-refractivity contribution in [1.29, 1.82) is 0 Å². The predicted molar refractivity (Wildman–Crippen MR) is 52.5 cm³/mol. The molecule has 0 aliphatic heterocycles. The Bertz CT molecular complexity index is 325. The molecule has 1 aromatic rings. The Labute approximate surface area is 77.2 Å². The maximum Gasteiger partial charge on any atom is 0.0447 e. The largest absolute Gasteiger partial charge is 0.0840 e. The molecule has 0 saturated heterocycles. The van der Waals surface area contributed by atoms with Gasteiger partial charge in [-0.3, -0.25) is 0 Å². The molecule has 0 N–H and O–H groups in total. The van der Waals surface area contributed by atoms with Gasteiger partial charge in [0.2, 0.25) is 0 Å². The molecule has 2 rings (SSSR count). The van der Waals surface area contributed by atoms with Crippen molar-refractivity contribution in [3.05, 3.63) is 59.2 Å². The first-order valence-electron chi connectivity index (χ1n) is 3.97. The van der Waals surface area contributed by atoms with Crippen LogP contribution in [0.5, 0.6) is 0 Å². The van der Waals surface area contributed by atoms with E-state index in [1.807, 2.05) is 30.4 Å². The minimum absolute atomic E-state index is 0.374. The molecule has 0 unspecified atom stereocenters. The van der Waals surface area contributed by atoms with Crippen LogP contribution in [-0.4, -0.2) is 0 Å². The molecule has 0 saturated carbocycles. The lowest BCUT2D eigenvalue weighted by molar-refractivity contribution is 1.10. The van der Waals surface area contributed by atoms with Gasteiger partial charge in [-0.1, -0.05) is 54.1 Å². The fraction of sp³-hybridized carbons (Fsp3) is 0.0909. The van der Waals surface area contributed by atoms with E-state index in [1.54, 1.807) is 0 Å². The first kappa shape index (κ1) is 7.63. The number of benzene rings is 1. The van der Waals surface area contributed by atoms with E-state index in [0.29, 0.717) is 5.92 Å². The molecule has 60 valence electrons. The first-order valence-corrected chi connectivity index (χ1v) is 4.35. The summed E-state index contributed by atoms with van der Waals surface area (Å²) < 4.78 is 0. The van der Waals surface area contributed by atoms with Crippen molar-refractivity contribution in [1.82, 2.24) is 0 Å². The average molecular weight is 177 g/mol. The second-order valence-electron chi connectivity index (χ2n) is 2.82. The minimum Gasteiger partial charge on any atom is -0.0840 e. The van der Waals surface area contributed by atoms with Gasteiger partial charge in [0.1, 0.15) is 0 Å². The summed E-state index contributed by atoms with van der Waals surface area (Å²) >= 11 is 6.04. The van der Waals surface area contributed by atoms with Gasteiger partial charge in [-0.05, 0) is 11.6 Å². The molecule has 0 amide bonds. The van der Waals surface area contributed by atoms with Gasteiger partial charge in [-0.15, -0.1) is 0 Å². The van der Waals surface area contributed by atoms with Gasteiger partial charge in [0, 0.05) is 10.9 Å². The van der Waals surface area contributed by atoms with Gasteiger partial charge in [0.05, 0.1) is 0 Å². The second kappa shape index (κ2) is 3.16. The van der Waals surface area contributed by atoms with Crippen LogP contribution in [0.15, 0.2) is 48.6 Å². The minimum atomic E-state index is 0.374. The average Bonchev–Trinajstić information content (AvgIpc) is 2.57. The molecule has 1 aliphatic carbocycles. The zero-order chi connectivity index (χ0) is 8.39. The summed E-state index contributed by atoms with van der Waals surface area (Å²) in [4.78, 5) is 0. The third-order valence-corrected chi connectivity index (χ3v) is 2.36. The first-order chi connectivity index (χ1) is 5.88. The van der Waals surface area contributed by atoms with Crippen molar-refractivity contribution >= 4 is 11.6 Å².